The van der Waals surface area contributed by atoms with Crippen molar-refractivity contribution in [2.75, 3.05) is 13.2 Å². The molecule has 0 amide bonds. The molecule has 0 radical (unpaired) electrons. The molecule has 0 unspecified atom stereocenters. The van der Waals surface area contributed by atoms with Crippen molar-refractivity contribution in [3.05, 3.63) is 0 Å². The highest BCUT2D eigenvalue weighted by Crippen LogP contribution is 2.21. The highest BCUT2D eigenvalue weighted by molar-refractivity contribution is 5.85. The van der Waals surface area contributed by atoms with Crippen LogP contribution in [-0.4, -0.2) is 35.9 Å². The summed E-state index contributed by atoms with van der Waals surface area (Å²) in [5.74, 6) is -0.760. The molecule has 2 N–H and O–H groups in total. The highest BCUT2D eigenvalue weighted by Gasteiger charge is 2.40. The van der Waals surface area contributed by atoms with Crippen LogP contribution in [0.25, 0.3) is 0 Å². The number of carbonyl (C=O) groups is 1. The first-order valence-electron chi connectivity index (χ1n) is 4.66. The Kier molecular flexibility index (Phi) is 5.41. The number of hydrogen-bond donors (Lipinski definition) is 2. The quantitative estimate of drug-likeness (QED) is 0.751. The van der Waals surface area contributed by atoms with Crippen molar-refractivity contribution in [2.45, 2.75) is 38.3 Å². The summed E-state index contributed by atoms with van der Waals surface area (Å²) in [7, 11) is 0. The van der Waals surface area contributed by atoms with Crippen LogP contribution >= 0.6 is 12.4 Å². The van der Waals surface area contributed by atoms with Crippen LogP contribution in [-0.2, 0) is 9.53 Å². The van der Waals surface area contributed by atoms with Gasteiger partial charge >= 0.3 is 5.97 Å². The number of nitrogens with one attached hydrogen (secondary N) is 1. The Labute approximate surface area is 90.4 Å². The molecule has 14 heavy (non-hydrogen) atoms. The Hall–Kier alpha value is -0.320. The summed E-state index contributed by atoms with van der Waals surface area (Å²) in [6.45, 7) is 4.98. The van der Waals surface area contributed by atoms with E-state index in [1.54, 1.807) is 0 Å². The van der Waals surface area contributed by atoms with Crippen LogP contribution in [0.4, 0.5) is 0 Å². The van der Waals surface area contributed by atoms with Crippen LogP contribution in [0.1, 0.15) is 26.7 Å². The third kappa shape index (κ3) is 3.12. The summed E-state index contributed by atoms with van der Waals surface area (Å²) < 4.78 is 5.15. The van der Waals surface area contributed by atoms with E-state index in [1.807, 2.05) is 13.8 Å². The topological polar surface area (TPSA) is 58.6 Å². The van der Waals surface area contributed by atoms with E-state index in [9.17, 15) is 4.79 Å². The third-order valence-electron chi connectivity index (χ3n) is 2.32. The van der Waals surface area contributed by atoms with E-state index in [-0.39, 0.29) is 18.4 Å². The molecule has 0 aliphatic carbocycles. The molecular formula is C9H18ClNO3. The minimum absolute atomic E-state index is 0. The standard InChI is InChI=1S/C9H17NO3.ClH/c1-7(2)10-9(8(11)12)3-5-13-6-4-9;/h7,10H,3-6H2,1-2H3,(H,11,12);1H. The van der Waals surface area contributed by atoms with Gasteiger partial charge in [0.15, 0.2) is 0 Å². The van der Waals surface area contributed by atoms with Gasteiger partial charge < -0.3 is 9.84 Å². The Morgan fingerprint density at radius 3 is 2.29 bits per heavy atom. The summed E-state index contributed by atoms with van der Waals surface area (Å²) in [5, 5.41) is 12.2. The zero-order valence-corrected chi connectivity index (χ0v) is 9.39. The average molecular weight is 224 g/mol. The van der Waals surface area contributed by atoms with Crippen molar-refractivity contribution in [3.63, 3.8) is 0 Å². The molecule has 0 bridgehead atoms. The first kappa shape index (κ1) is 13.7. The summed E-state index contributed by atoms with van der Waals surface area (Å²) in [6.07, 6.45) is 1.11. The van der Waals surface area contributed by atoms with Gasteiger partial charge in [-0.1, -0.05) is 0 Å². The van der Waals surface area contributed by atoms with Gasteiger partial charge in [-0.05, 0) is 26.7 Å². The van der Waals surface area contributed by atoms with Crippen LogP contribution in [0.5, 0.6) is 0 Å². The van der Waals surface area contributed by atoms with Crippen LogP contribution in [0, 0.1) is 0 Å². The molecule has 0 spiro atoms. The van der Waals surface area contributed by atoms with E-state index < -0.39 is 11.5 Å². The molecular weight excluding hydrogens is 206 g/mol. The number of rotatable bonds is 3. The molecule has 0 aromatic heterocycles. The van der Waals surface area contributed by atoms with Crippen molar-refractivity contribution in [3.8, 4) is 0 Å². The zero-order chi connectivity index (χ0) is 9.90. The SMILES string of the molecule is CC(C)NC1(C(=O)O)CCOCC1.Cl. The van der Waals surface area contributed by atoms with Crippen molar-refractivity contribution in [1.29, 1.82) is 0 Å². The largest absolute Gasteiger partial charge is 0.480 e. The zero-order valence-electron chi connectivity index (χ0n) is 8.58. The number of halogens is 1. The third-order valence-corrected chi connectivity index (χ3v) is 2.32. The van der Waals surface area contributed by atoms with Gasteiger partial charge in [0.25, 0.3) is 0 Å². The molecule has 0 aromatic rings. The molecule has 0 saturated carbocycles. The van der Waals surface area contributed by atoms with E-state index in [4.69, 9.17) is 9.84 Å². The van der Waals surface area contributed by atoms with E-state index in [0.29, 0.717) is 26.1 Å². The van der Waals surface area contributed by atoms with Gasteiger partial charge in [0.05, 0.1) is 0 Å². The van der Waals surface area contributed by atoms with Gasteiger partial charge in [-0.15, -0.1) is 12.4 Å². The van der Waals surface area contributed by atoms with E-state index in [1.165, 1.54) is 0 Å². The minimum atomic E-state index is -0.760. The normalized spacial score (nSPS) is 20.2. The summed E-state index contributed by atoms with van der Waals surface area (Å²) in [5.41, 5.74) is -0.758. The Morgan fingerprint density at radius 1 is 1.43 bits per heavy atom. The summed E-state index contributed by atoms with van der Waals surface area (Å²) in [4.78, 5) is 11.1. The maximum atomic E-state index is 11.1. The van der Waals surface area contributed by atoms with E-state index in [0.717, 1.165) is 0 Å². The number of ether oxygens (including phenoxy) is 1. The molecule has 0 aromatic carbocycles. The number of aliphatic carboxylic acids is 1. The summed E-state index contributed by atoms with van der Waals surface area (Å²) in [6, 6.07) is 0.189. The molecule has 1 heterocycles. The predicted molar refractivity (Wildman–Crippen MR) is 55.9 cm³/mol. The van der Waals surface area contributed by atoms with Gasteiger partial charge in [-0.3, -0.25) is 10.1 Å². The molecule has 1 aliphatic rings. The molecule has 5 heteroatoms. The van der Waals surface area contributed by atoms with Crippen LogP contribution in [0.2, 0.25) is 0 Å². The minimum Gasteiger partial charge on any atom is -0.480 e. The molecule has 0 atom stereocenters. The first-order valence-corrected chi connectivity index (χ1v) is 4.66. The smallest absolute Gasteiger partial charge is 0.324 e. The Morgan fingerprint density at radius 2 is 1.93 bits per heavy atom. The second-order valence-corrected chi connectivity index (χ2v) is 3.80. The van der Waals surface area contributed by atoms with Gasteiger partial charge in [0.1, 0.15) is 5.54 Å². The fourth-order valence-corrected chi connectivity index (χ4v) is 1.69. The molecule has 1 rings (SSSR count). The van der Waals surface area contributed by atoms with Crippen molar-refractivity contribution in [2.24, 2.45) is 0 Å². The number of carboxylic acids is 1. The number of carboxylic acid groups (broad SMARTS) is 1. The second-order valence-electron chi connectivity index (χ2n) is 3.80. The van der Waals surface area contributed by atoms with Crippen LogP contribution < -0.4 is 5.32 Å². The van der Waals surface area contributed by atoms with Crippen LogP contribution in [0.3, 0.4) is 0 Å². The van der Waals surface area contributed by atoms with Gasteiger partial charge in [0, 0.05) is 19.3 Å². The molecule has 1 saturated heterocycles. The molecule has 1 fully saturated rings. The van der Waals surface area contributed by atoms with Gasteiger partial charge in [-0.25, -0.2) is 0 Å². The first-order chi connectivity index (χ1) is 6.07. The fraction of sp³-hybridized carbons (Fsp3) is 0.889. The second kappa shape index (κ2) is 5.53. The summed E-state index contributed by atoms with van der Waals surface area (Å²) >= 11 is 0. The lowest BCUT2D eigenvalue weighted by Gasteiger charge is -2.35. The van der Waals surface area contributed by atoms with Crippen molar-refractivity contribution >= 4 is 18.4 Å². The highest BCUT2D eigenvalue weighted by atomic mass is 35.5. The van der Waals surface area contributed by atoms with Gasteiger partial charge in [-0.2, -0.15) is 0 Å². The maximum absolute atomic E-state index is 11.1. The lowest BCUT2D eigenvalue weighted by molar-refractivity contribution is -0.149. The molecule has 1 aliphatic heterocycles. The lowest BCUT2D eigenvalue weighted by atomic mass is 9.89. The Balaban J connectivity index is 0.00000169. The average Bonchev–Trinajstić information content (AvgIpc) is 2.04. The predicted octanol–water partition coefficient (Wildman–Crippen LogP) is 1.04. The van der Waals surface area contributed by atoms with Crippen molar-refractivity contribution in [1.82, 2.24) is 5.32 Å². The molecule has 4 nitrogen and oxygen atoms in total. The lowest BCUT2D eigenvalue weighted by Crippen LogP contribution is -2.57. The van der Waals surface area contributed by atoms with Crippen molar-refractivity contribution < 1.29 is 14.6 Å². The van der Waals surface area contributed by atoms with Gasteiger partial charge in [0.2, 0.25) is 0 Å². The molecule has 84 valence electrons. The number of hydrogen-bond acceptors (Lipinski definition) is 3. The fourth-order valence-electron chi connectivity index (χ4n) is 1.69. The monoisotopic (exact) mass is 223 g/mol. The maximum Gasteiger partial charge on any atom is 0.324 e. The van der Waals surface area contributed by atoms with Crippen LogP contribution in [0.15, 0.2) is 0 Å². The van der Waals surface area contributed by atoms with E-state index >= 15 is 0 Å². The van der Waals surface area contributed by atoms with E-state index in [2.05, 4.69) is 5.32 Å². The Bertz CT molecular complexity index is 190.